The number of thiophene rings is 1. The van der Waals surface area contributed by atoms with Crippen molar-refractivity contribution in [3.63, 3.8) is 0 Å². The van der Waals surface area contributed by atoms with Crippen LogP contribution in [0.1, 0.15) is 27.0 Å². The normalized spacial score (nSPS) is 15.5. The van der Waals surface area contributed by atoms with Gasteiger partial charge >= 0.3 is 0 Å². The van der Waals surface area contributed by atoms with Crippen LogP contribution in [0.3, 0.4) is 0 Å². The maximum Gasteiger partial charge on any atom is 0.261 e. The van der Waals surface area contributed by atoms with E-state index in [4.69, 9.17) is 5.11 Å². The van der Waals surface area contributed by atoms with Gasteiger partial charge < -0.3 is 21.1 Å². The monoisotopic (exact) mass is 255 g/mol. The van der Waals surface area contributed by atoms with Gasteiger partial charge in [0.15, 0.2) is 0 Å². The van der Waals surface area contributed by atoms with Crippen molar-refractivity contribution in [3.05, 3.63) is 16.5 Å². The number of nitrogens with one attached hydrogen (secondary N) is 3. The number of anilines is 1. The molecule has 1 aromatic heterocycles. The fourth-order valence-electron chi connectivity index (χ4n) is 1.44. The van der Waals surface area contributed by atoms with Gasteiger partial charge in [0.25, 0.3) is 11.8 Å². The highest BCUT2D eigenvalue weighted by Gasteiger charge is 2.22. The largest absolute Gasteiger partial charge is 0.394 e. The highest BCUT2D eigenvalue weighted by Crippen LogP contribution is 2.29. The number of aliphatic hydroxyl groups is 1. The molecule has 4 N–H and O–H groups in total. The molecule has 0 fully saturated rings. The second kappa shape index (κ2) is 4.72. The molecule has 0 spiro atoms. The lowest BCUT2D eigenvalue weighted by Gasteiger charge is -2.13. The van der Waals surface area contributed by atoms with Gasteiger partial charge in [-0.1, -0.05) is 0 Å². The summed E-state index contributed by atoms with van der Waals surface area (Å²) in [5, 5.41) is 17.8. The lowest BCUT2D eigenvalue weighted by Crippen LogP contribution is -2.34. The molecule has 0 aliphatic carbocycles. The molecule has 0 saturated heterocycles. The fraction of sp³-hybridized carbons (Fsp3) is 0.400. The number of carbonyl (C=O) groups excluding carboxylic acids is 2. The van der Waals surface area contributed by atoms with Crippen molar-refractivity contribution in [1.29, 1.82) is 0 Å². The van der Waals surface area contributed by atoms with E-state index < -0.39 is 0 Å². The van der Waals surface area contributed by atoms with Crippen LogP contribution >= 0.6 is 11.3 Å². The van der Waals surface area contributed by atoms with Crippen LogP contribution in [0.25, 0.3) is 0 Å². The molecule has 1 atom stereocenters. The van der Waals surface area contributed by atoms with Gasteiger partial charge in [-0.25, -0.2) is 0 Å². The lowest BCUT2D eigenvalue weighted by atomic mass is 10.2. The maximum atomic E-state index is 11.8. The molecule has 92 valence electrons. The van der Waals surface area contributed by atoms with E-state index in [2.05, 4.69) is 16.0 Å². The van der Waals surface area contributed by atoms with Gasteiger partial charge in [-0.15, -0.1) is 11.3 Å². The summed E-state index contributed by atoms with van der Waals surface area (Å²) in [4.78, 5) is 23.7. The summed E-state index contributed by atoms with van der Waals surface area (Å²) in [5.74, 6) is -0.454. The Balaban J connectivity index is 2.17. The van der Waals surface area contributed by atoms with Crippen molar-refractivity contribution < 1.29 is 14.7 Å². The Kier molecular flexibility index (Phi) is 3.30. The number of hydrogen-bond donors (Lipinski definition) is 4. The van der Waals surface area contributed by atoms with Crippen molar-refractivity contribution in [2.24, 2.45) is 0 Å². The second-order valence-electron chi connectivity index (χ2n) is 3.77. The third-order valence-electron chi connectivity index (χ3n) is 2.35. The molecule has 1 aliphatic heterocycles. The molecular weight excluding hydrogens is 242 g/mol. The molecule has 7 heteroatoms. The van der Waals surface area contributed by atoms with Crippen LogP contribution in [0.4, 0.5) is 5.00 Å². The number of fused-ring (bicyclic) bond motifs is 1. The van der Waals surface area contributed by atoms with E-state index in [0.29, 0.717) is 22.1 Å². The average Bonchev–Trinajstić information content (AvgIpc) is 2.74. The Morgan fingerprint density at radius 2 is 2.41 bits per heavy atom. The van der Waals surface area contributed by atoms with Gasteiger partial charge in [-0.2, -0.15) is 0 Å². The zero-order chi connectivity index (χ0) is 12.4. The molecule has 6 nitrogen and oxygen atoms in total. The first-order valence-electron chi connectivity index (χ1n) is 5.19. The van der Waals surface area contributed by atoms with Crippen LogP contribution in [-0.2, 0) is 0 Å². The van der Waals surface area contributed by atoms with E-state index in [1.807, 2.05) is 0 Å². The average molecular weight is 255 g/mol. The first-order valence-corrected chi connectivity index (χ1v) is 6.01. The quantitative estimate of drug-likeness (QED) is 0.610. The van der Waals surface area contributed by atoms with E-state index in [9.17, 15) is 9.59 Å². The number of amides is 2. The summed E-state index contributed by atoms with van der Waals surface area (Å²) in [6.07, 6.45) is 0. The smallest absolute Gasteiger partial charge is 0.261 e. The Morgan fingerprint density at radius 1 is 1.65 bits per heavy atom. The van der Waals surface area contributed by atoms with Gasteiger partial charge in [0.1, 0.15) is 5.00 Å². The molecule has 0 radical (unpaired) electrons. The fourth-order valence-corrected chi connectivity index (χ4v) is 2.40. The first-order chi connectivity index (χ1) is 8.11. The zero-order valence-corrected chi connectivity index (χ0v) is 10.1. The Labute approximate surface area is 102 Å². The second-order valence-corrected chi connectivity index (χ2v) is 4.82. The van der Waals surface area contributed by atoms with Crippen molar-refractivity contribution in [2.45, 2.75) is 13.0 Å². The summed E-state index contributed by atoms with van der Waals surface area (Å²) in [6, 6.07) is 1.25. The van der Waals surface area contributed by atoms with Crippen LogP contribution in [0.5, 0.6) is 0 Å². The van der Waals surface area contributed by atoms with Crippen LogP contribution in [0, 0.1) is 0 Å². The highest BCUT2D eigenvalue weighted by molar-refractivity contribution is 7.18. The van der Waals surface area contributed by atoms with Gasteiger partial charge in [0.05, 0.1) is 23.7 Å². The highest BCUT2D eigenvalue weighted by atomic mass is 32.1. The minimum atomic E-state index is -0.302. The van der Waals surface area contributed by atoms with Crippen LogP contribution in [0.2, 0.25) is 0 Å². The molecule has 2 heterocycles. The standard InChI is InChI=1S/C10H13N3O3S/c1-5(3-14)13-9(16)7-2-6-8(15)11-4-12-10(6)17-7/h2,5,12,14H,3-4H2,1H3,(H,11,15)(H,13,16)/t5-/m1/s1. The molecule has 1 aliphatic rings. The molecule has 0 saturated carbocycles. The molecule has 0 aromatic carbocycles. The van der Waals surface area contributed by atoms with Crippen LogP contribution < -0.4 is 16.0 Å². The summed E-state index contributed by atoms with van der Waals surface area (Å²) in [5.41, 5.74) is 0.489. The molecular formula is C10H13N3O3S. The van der Waals surface area contributed by atoms with Gasteiger partial charge in [-0.05, 0) is 13.0 Å². The summed E-state index contributed by atoms with van der Waals surface area (Å²) in [6.45, 7) is 1.96. The molecule has 0 bridgehead atoms. The number of hydrogen-bond acceptors (Lipinski definition) is 5. The van der Waals surface area contributed by atoms with Crippen molar-refractivity contribution >= 4 is 28.2 Å². The van der Waals surface area contributed by atoms with Gasteiger partial charge in [-0.3, -0.25) is 9.59 Å². The lowest BCUT2D eigenvalue weighted by molar-refractivity contribution is 0.0926. The third kappa shape index (κ3) is 2.40. The van der Waals surface area contributed by atoms with Crippen LogP contribution in [0.15, 0.2) is 6.07 Å². The molecule has 1 aromatic rings. The summed E-state index contributed by atoms with van der Waals surface area (Å²) >= 11 is 1.23. The SMILES string of the molecule is C[C@H](CO)NC(=O)c1cc2c(s1)NCNC2=O. The van der Waals surface area contributed by atoms with E-state index >= 15 is 0 Å². The Morgan fingerprint density at radius 3 is 3.06 bits per heavy atom. The van der Waals surface area contributed by atoms with Crippen molar-refractivity contribution in [3.8, 4) is 0 Å². The molecule has 17 heavy (non-hydrogen) atoms. The first kappa shape index (κ1) is 11.9. The summed E-state index contributed by atoms with van der Waals surface area (Å²) in [7, 11) is 0. The zero-order valence-electron chi connectivity index (χ0n) is 9.24. The number of rotatable bonds is 3. The summed E-state index contributed by atoms with van der Waals surface area (Å²) < 4.78 is 0. The third-order valence-corrected chi connectivity index (χ3v) is 3.44. The van der Waals surface area contributed by atoms with E-state index in [1.165, 1.54) is 11.3 Å². The Bertz CT molecular complexity index is 458. The molecule has 2 rings (SSSR count). The minimum absolute atomic E-state index is 0.116. The van der Waals surface area contributed by atoms with E-state index in [1.54, 1.807) is 13.0 Å². The molecule has 0 unspecified atom stereocenters. The van der Waals surface area contributed by atoms with Crippen molar-refractivity contribution in [2.75, 3.05) is 18.6 Å². The van der Waals surface area contributed by atoms with E-state index in [-0.39, 0.29) is 24.5 Å². The van der Waals surface area contributed by atoms with Gasteiger partial charge in [0.2, 0.25) is 0 Å². The number of carbonyl (C=O) groups is 2. The topological polar surface area (TPSA) is 90.5 Å². The van der Waals surface area contributed by atoms with E-state index in [0.717, 1.165) is 0 Å². The predicted molar refractivity (Wildman–Crippen MR) is 64.3 cm³/mol. The number of aliphatic hydroxyl groups excluding tert-OH is 1. The van der Waals surface area contributed by atoms with Crippen molar-refractivity contribution in [1.82, 2.24) is 10.6 Å². The predicted octanol–water partition coefficient (Wildman–Crippen LogP) is -0.0285. The minimum Gasteiger partial charge on any atom is -0.394 e. The maximum absolute atomic E-state index is 11.8. The van der Waals surface area contributed by atoms with Crippen LogP contribution in [-0.4, -0.2) is 36.2 Å². The molecule has 2 amide bonds. The van der Waals surface area contributed by atoms with Gasteiger partial charge in [0, 0.05) is 6.04 Å². The Hall–Kier alpha value is -1.60.